The number of halogens is 3. The zero-order chi connectivity index (χ0) is 28.3. The van der Waals surface area contributed by atoms with Crippen LogP contribution in [0.15, 0.2) is 24.3 Å². The number of benzene rings is 2. The maximum atomic E-state index is 13.0. The second kappa shape index (κ2) is 11.5. The van der Waals surface area contributed by atoms with E-state index in [4.69, 9.17) is 40.7 Å². The molecule has 2 rings (SSSR count). The summed E-state index contributed by atoms with van der Waals surface area (Å²) in [6.07, 6.45) is -9.09. The van der Waals surface area contributed by atoms with E-state index in [-0.39, 0.29) is 34.1 Å². The molecule has 1 unspecified atom stereocenters. The van der Waals surface area contributed by atoms with E-state index < -0.39 is 69.1 Å². The Morgan fingerprint density at radius 1 is 0.919 bits per heavy atom. The van der Waals surface area contributed by atoms with E-state index in [0.717, 1.165) is 24.3 Å². The zero-order valence-electron chi connectivity index (χ0n) is 18.6. The van der Waals surface area contributed by atoms with Crippen LogP contribution in [0.1, 0.15) is 42.2 Å². The maximum absolute atomic E-state index is 13.0. The third kappa shape index (κ3) is 7.19. The van der Waals surface area contributed by atoms with Crippen molar-refractivity contribution in [3.05, 3.63) is 52.1 Å². The number of carboxylic acid groups (broad SMARTS) is 1. The number of hydrogen-bond donors (Lipinski definition) is 2. The van der Waals surface area contributed by atoms with E-state index in [2.05, 4.69) is 4.74 Å². The smallest absolute Gasteiger partial charge is 0.426 e. The number of alkyl halides is 3. The zero-order valence-corrected chi connectivity index (χ0v) is 19.4. The molecule has 9 nitrogen and oxygen atoms in total. The van der Waals surface area contributed by atoms with Gasteiger partial charge in [0.15, 0.2) is 0 Å². The van der Waals surface area contributed by atoms with Crippen LogP contribution >= 0.6 is 0 Å². The Hall–Kier alpha value is -3.19. The van der Waals surface area contributed by atoms with Crippen molar-refractivity contribution >= 4 is 70.3 Å². The van der Waals surface area contributed by atoms with E-state index in [9.17, 15) is 41.1 Å². The number of carbonyl (C=O) groups excluding carboxylic acids is 2. The fourth-order valence-corrected chi connectivity index (χ4v) is 3.82. The molecule has 0 fully saturated rings. The summed E-state index contributed by atoms with van der Waals surface area (Å²) in [6.45, 7) is 0. The highest BCUT2D eigenvalue weighted by atomic mass is 32.2. The third-order valence-corrected chi connectivity index (χ3v) is 5.62. The molecule has 2 aromatic rings. The van der Waals surface area contributed by atoms with Crippen molar-refractivity contribution in [2.24, 2.45) is 0 Å². The topological polar surface area (TPSA) is 144 Å². The maximum Gasteiger partial charge on any atom is 0.426 e. The molecule has 0 saturated heterocycles. The second-order valence-corrected chi connectivity index (χ2v) is 8.84. The van der Waals surface area contributed by atoms with Gasteiger partial charge in [0.1, 0.15) is 27.2 Å². The lowest BCUT2D eigenvalue weighted by molar-refractivity contribution is -0.197. The van der Waals surface area contributed by atoms with Crippen molar-refractivity contribution in [3.8, 4) is 5.75 Å². The first-order valence-corrected chi connectivity index (χ1v) is 11.5. The van der Waals surface area contributed by atoms with Gasteiger partial charge in [-0.15, -0.1) is 0 Å². The van der Waals surface area contributed by atoms with E-state index in [1.807, 2.05) is 0 Å². The summed E-state index contributed by atoms with van der Waals surface area (Å²) >= 11 is 0. The highest BCUT2D eigenvalue weighted by Gasteiger charge is 2.45. The first-order chi connectivity index (χ1) is 17.0. The Balaban J connectivity index is 2.35. The minimum Gasteiger partial charge on any atom is -0.478 e. The van der Waals surface area contributed by atoms with Gasteiger partial charge in [-0.1, -0.05) is 29.1 Å². The predicted molar refractivity (Wildman–Crippen MR) is 126 cm³/mol. The molecule has 186 valence electrons. The largest absolute Gasteiger partial charge is 0.478 e. The Bertz CT molecular complexity index is 1330. The molecule has 1 atom stereocenters. The van der Waals surface area contributed by atoms with E-state index in [1.54, 1.807) is 0 Å². The molecule has 0 bridgehead atoms. The first-order valence-electron chi connectivity index (χ1n) is 9.92. The minimum absolute atomic E-state index is 0.0587. The van der Waals surface area contributed by atoms with Crippen molar-refractivity contribution in [3.63, 3.8) is 0 Å². The molecule has 0 heterocycles. The van der Waals surface area contributed by atoms with Gasteiger partial charge in [0.25, 0.3) is 10.1 Å². The normalized spacial score (nSPS) is 12.5. The van der Waals surface area contributed by atoms with E-state index in [1.165, 1.54) is 0 Å². The van der Waals surface area contributed by atoms with Gasteiger partial charge < -0.3 is 14.6 Å². The van der Waals surface area contributed by atoms with Crippen molar-refractivity contribution in [2.45, 2.75) is 24.9 Å². The lowest BCUT2D eigenvalue weighted by atomic mass is 9.68. The van der Waals surface area contributed by atoms with E-state index >= 15 is 0 Å². The molecule has 8 radical (unpaired) electrons. The number of ether oxygens (including phenoxy) is 2. The summed E-state index contributed by atoms with van der Waals surface area (Å²) in [7, 11) is 17.8. The van der Waals surface area contributed by atoms with Crippen LogP contribution in [-0.2, 0) is 27.5 Å². The van der Waals surface area contributed by atoms with Gasteiger partial charge in [-0.05, 0) is 29.8 Å². The highest BCUT2D eigenvalue weighted by molar-refractivity contribution is 7.85. The van der Waals surface area contributed by atoms with Gasteiger partial charge in [0.2, 0.25) is 6.10 Å². The van der Waals surface area contributed by atoms with Gasteiger partial charge in [-0.3, -0.25) is 4.55 Å². The summed E-state index contributed by atoms with van der Waals surface area (Å²) in [5.74, 6) is -6.65. The molecule has 17 heteroatoms. The number of esters is 2. The monoisotopic (exact) mass is 530 g/mol. The van der Waals surface area contributed by atoms with Crippen LogP contribution < -0.4 is 15.7 Å². The number of hydrogen-bond acceptors (Lipinski definition) is 7. The fraction of sp³-hybridized carbons (Fsp3) is 0.250. The molecule has 2 N–H and O–H groups in total. The van der Waals surface area contributed by atoms with Crippen LogP contribution in [0.2, 0.25) is 0 Å². The standard InChI is InChI=1S/C20H13B4F3O9S/c21-5-10-13(14(17(28)29)16(24)11(6-22)15(10)23)19(31)35-9-3-1-8(2-4-9)18(30)36-12(20(25,26)27)7-37(32,33)34/h1-4,12H,5-7H2,(H,28,29)(H,32,33,34). The number of rotatable bonds is 9. The molecular formula is C20H13B4F3O9S. The highest BCUT2D eigenvalue weighted by Crippen LogP contribution is 2.26. The second-order valence-electron chi connectivity index (χ2n) is 7.35. The fourth-order valence-electron chi connectivity index (χ4n) is 3.18. The van der Waals surface area contributed by atoms with Crippen LogP contribution in [0.4, 0.5) is 13.2 Å². The SMILES string of the molecule is [B]Cc1c([B])c(C[B])c(C(=O)Oc2ccc(C(=O)OC(CS(=O)(=O)O)C(F)(F)F)cc2)c(C(=O)O)c1[B]. The summed E-state index contributed by atoms with van der Waals surface area (Å²) in [4.78, 5) is 36.7. The molecule has 0 aliphatic rings. The number of aromatic carboxylic acids is 1. The Labute approximate surface area is 214 Å². The first kappa shape index (κ1) is 30.0. The summed E-state index contributed by atoms with van der Waals surface area (Å²) in [6, 6.07) is 3.69. The Morgan fingerprint density at radius 3 is 1.89 bits per heavy atom. The van der Waals surface area contributed by atoms with Crippen molar-refractivity contribution < 1.29 is 55.1 Å². The summed E-state index contributed by atoms with van der Waals surface area (Å²) < 4.78 is 78.5. The van der Waals surface area contributed by atoms with Crippen LogP contribution in [-0.4, -0.2) is 85.4 Å². The van der Waals surface area contributed by atoms with Gasteiger partial charge >= 0.3 is 24.1 Å². The molecule has 0 amide bonds. The molecule has 0 aliphatic carbocycles. The van der Waals surface area contributed by atoms with Crippen LogP contribution in [0.3, 0.4) is 0 Å². The quantitative estimate of drug-likeness (QED) is 0.190. The van der Waals surface area contributed by atoms with E-state index in [0.29, 0.717) is 0 Å². The Morgan fingerprint density at radius 2 is 1.46 bits per heavy atom. The summed E-state index contributed by atoms with van der Waals surface area (Å²) in [5, 5.41) is 9.59. The average Bonchev–Trinajstić information content (AvgIpc) is 2.77. The van der Waals surface area contributed by atoms with Crippen LogP contribution in [0.25, 0.3) is 0 Å². The predicted octanol–water partition coefficient (Wildman–Crippen LogP) is -0.496. The third-order valence-electron chi connectivity index (χ3n) is 4.90. The van der Waals surface area contributed by atoms with Gasteiger partial charge in [-0.25, -0.2) is 14.4 Å². The molecule has 0 saturated carbocycles. The lowest BCUT2D eigenvalue weighted by Crippen LogP contribution is -2.39. The molecule has 0 aromatic heterocycles. The van der Waals surface area contributed by atoms with Crippen molar-refractivity contribution in [2.75, 3.05) is 5.75 Å². The van der Waals surface area contributed by atoms with Crippen molar-refractivity contribution in [1.82, 2.24) is 0 Å². The molecule has 37 heavy (non-hydrogen) atoms. The summed E-state index contributed by atoms with van der Waals surface area (Å²) in [5.41, 5.74) is -2.24. The molecule has 0 aliphatic heterocycles. The van der Waals surface area contributed by atoms with Crippen LogP contribution in [0, 0.1) is 0 Å². The number of carbonyl (C=O) groups is 3. The van der Waals surface area contributed by atoms with Crippen molar-refractivity contribution in [1.29, 1.82) is 0 Å². The van der Waals surface area contributed by atoms with Crippen LogP contribution in [0.5, 0.6) is 5.75 Å². The minimum atomic E-state index is -5.30. The molecule has 2 aromatic carbocycles. The lowest BCUT2D eigenvalue weighted by Gasteiger charge is -2.21. The Kier molecular flexibility index (Phi) is 9.31. The van der Waals surface area contributed by atoms with Gasteiger partial charge in [-0.2, -0.15) is 21.6 Å². The number of carboxylic acids is 1. The molecular weight excluding hydrogens is 517 g/mol. The molecule has 0 spiro atoms. The van der Waals surface area contributed by atoms with Gasteiger partial charge in [0.05, 0.1) is 32.4 Å². The van der Waals surface area contributed by atoms with Gasteiger partial charge in [0, 0.05) is 0 Å². The average molecular weight is 530 g/mol.